The molecule has 0 spiro atoms. The summed E-state index contributed by atoms with van der Waals surface area (Å²) in [5, 5.41) is 7.83. The van der Waals surface area contributed by atoms with Crippen LogP contribution in [0, 0.1) is 0 Å². The minimum Gasteiger partial charge on any atom is -0.368 e. The number of hydrogen-bond acceptors (Lipinski definition) is 8. The second-order valence-electron chi connectivity index (χ2n) is 7.94. The molecule has 10 nitrogen and oxygen atoms in total. The first-order valence-corrected chi connectivity index (χ1v) is 13.4. The van der Waals surface area contributed by atoms with Crippen molar-refractivity contribution in [2.24, 2.45) is 5.14 Å². The molecule has 4 rings (SSSR count). The average Bonchev–Trinajstić information content (AvgIpc) is 3.21. The van der Waals surface area contributed by atoms with Crippen LogP contribution in [0.2, 0.25) is 0 Å². The topological polar surface area (TPSA) is 163 Å². The molecular weight excluding hydrogens is 476 g/mol. The number of nitrogen functional groups attached to an aromatic ring is 1. The summed E-state index contributed by atoms with van der Waals surface area (Å²) in [6.07, 6.45) is 1.76. The second-order valence-corrected chi connectivity index (χ2v) is 12.0. The second kappa shape index (κ2) is 8.70. The molecule has 0 aliphatic rings. The SMILES string of the molecule is CC(C)S(=O)(=O)c1ccccc1CNc1nc(N)nc2ccn(-c3ccc(S(N)(=O)=O)cc3)c12. The van der Waals surface area contributed by atoms with E-state index >= 15 is 0 Å². The van der Waals surface area contributed by atoms with Gasteiger partial charge in [0, 0.05) is 18.4 Å². The van der Waals surface area contributed by atoms with E-state index in [-0.39, 0.29) is 22.3 Å². The molecule has 12 heteroatoms. The molecule has 2 aromatic carbocycles. The van der Waals surface area contributed by atoms with Gasteiger partial charge in [-0.15, -0.1) is 0 Å². The first kappa shape index (κ1) is 23.7. The van der Waals surface area contributed by atoms with Gasteiger partial charge in [-0.25, -0.2) is 27.0 Å². The first-order valence-electron chi connectivity index (χ1n) is 10.3. The van der Waals surface area contributed by atoms with Crippen LogP contribution >= 0.6 is 0 Å². The van der Waals surface area contributed by atoms with E-state index in [1.54, 1.807) is 67.1 Å². The molecule has 0 saturated carbocycles. The molecule has 0 radical (unpaired) electrons. The van der Waals surface area contributed by atoms with Crippen molar-refractivity contribution in [2.75, 3.05) is 11.1 Å². The summed E-state index contributed by atoms with van der Waals surface area (Å²) in [5.74, 6) is 0.459. The maximum atomic E-state index is 12.8. The van der Waals surface area contributed by atoms with E-state index in [1.165, 1.54) is 12.1 Å². The van der Waals surface area contributed by atoms with Crippen molar-refractivity contribution in [2.45, 2.75) is 35.4 Å². The van der Waals surface area contributed by atoms with Crippen LogP contribution in [0.4, 0.5) is 11.8 Å². The van der Waals surface area contributed by atoms with E-state index < -0.39 is 25.1 Å². The first-order chi connectivity index (χ1) is 16.0. The molecule has 4 aromatic rings. The van der Waals surface area contributed by atoms with Crippen LogP contribution in [0.15, 0.2) is 70.6 Å². The number of fused-ring (bicyclic) bond motifs is 1. The summed E-state index contributed by atoms with van der Waals surface area (Å²) in [6, 6.07) is 14.6. The van der Waals surface area contributed by atoms with Gasteiger partial charge in [0.15, 0.2) is 15.7 Å². The Hall–Kier alpha value is -3.48. The van der Waals surface area contributed by atoms with Crippen LogP contribution in [-0.4, -0.2) is 36.6 Å². The lowest BCUT2D eigenvalue weighted by Crippen LogP contribution is -2.17. The highest BCUT2D eigenvalue weighted by Crippen LogP contribution is 2.28. The molecule has 0 fully saturated rings. The Morgan fingerprint density at radius 1 is 0.971 bits per heavy atom. The third-order valence-corrected chi connectivity index (χ3v) is 8.52. The van der Waals surface area contributed by atoms with Crippen LogP contribution in [-0.2, 0) is 26.4 Å². The largest absolute Gasteiger partial charge is 0.368 e. The van der Waals surface area contributed by atoms with Gasteiger partial charge in [-0.3, -0.25) is 0 Å². The number of benzene rings is 2. The maximum Gasteiger partial charge on any atom is 0.238 e. The number of nitrogens with one attached hydrogen (secondary N) is 1. The Kier molecular flexibility index (Phi) is 6.06. The van der Waals surface area contributed by atoms with Crippen molar-refractivity contribution in [3.8, 4) is 5.69 Å². The van der Waals surface area contributed by atoms with Crippen LogP contribution in [0.5, 0.6) is 0 Å². The Labute approximate surface area is 197 Å². The molecule has 5 N–H and O–H groups in total. The van der Waals surface area contributed by atoms with Crippen molar-refractivity contribution in [3.05, 3.63) is 66.4 Å². The van der Waals surface area contributed by atoms with Gasteiger partial charge in [0.1, 0.15) is 5.52 Å². The number of nitrogens with zero attached hydrogens (tertiary/aromatic N) is 3. The summed E-state index contributed by atoms with van der Waals surface area (Å²) in [6.45, 7) is 3.47. The van der Waals surface area contributed by atoms with Crippen LogP contribution in [0.1, 0.15) is 19.4 Å². The zero-order chi connectivity index (χ0) is 24.7. The number of primary sulfonamides is 1. The Bertz CT molecular complexity index is 1580. The van der Waals surface area contributed by atoms with E-state index in [0.29, 0.717) is 28.1 Å². The molecule has 0 saturated heterocycles. The van der Waals surface area contributed by atoms with E-state index in [4.69, 9.17) is 10.9 Å². The zero-order valence-corrected chi connectivity index (χ0v) is 20.1. The molecular formula is C22H24N6O4S2. The van der Waals surface area contributed by atoms with Gasteiger partial charge < -0.3 is 15.6 Å². The molecule has 0 bridgehead atoms. The van der Waals surface area contributed by atoms with Crippen molar-refractivity contribution in [3.63, 3.8) is 0 Å². The lowest BCUT2D eigenvalue weighted by Gasteiger charge is -2.15. The molecule has 0 unspecified atom stereocenters. The maximum absolute atomic E-state index is 12.8. The number of nitrogens with two attached hydrogens (primary N) is 2. The molecule has 34 heavy (non-hydrogen) atoms. The number of aromatic nitrogens is 3. The molecule has 0 aliphatic carbocycles. The molecule has 2 heterocycles. The highest BCUT2D eigenvalue weighted by Gasteiger charge is 2.22. The van der Waals surface area contributed by atoms with Crippen LogP contribution < -0.4 is 16.2 Å². The zero-order valence-electron chi connectivity index (χ0n) is 18.5. The molecule has 0 atom stereocenters. The van der Waals surface area contributed by atoms with Gasteiger partial charge >= 0.3 is 0 Å². The van der Waals surface area contributed by atoms with E-state index in [0.717, 1.165) is 0 Å². The predicted molar refractivity (Wildman–Crippen MR) is 131 cm³/mol. The van der Waals surface area contributed by atoms with Gasteiger partial charge in [-0.05, 0) is 55.8 Å². The molecule has 0 aliphatic heterocycles. The highest BCUT2D eigenvalue weighted by atomic mass is 32.2. The van der Waals surface area contributed by atoms with E-state index in [2.05, 4.69) is 15.3 Å². The van der Waals surface area contributed by atoms with E-state index in [1.807, 2.05) is 0 Å². The molecule has 178 valence electrons. The number of rotatable bonds is 7. The number of sulfone groups is 1. The highest BCUT2D eigenvalue weighted by molar-refractivity contribution is 7.92. The molecule has 0 amide bonds. The third-order valence-electron chi connectivity index (χ3n) is 5.34. The van der Waals surface area contributed by atoms with Crippen LogP contribution in [0.3, 0.4) is 0 Å². The summed E-state index contributed by atoms with van der Waals surface area (Å²) < 4.78 is 50.5. The van der Waals surface area contributed by atoms with E-state index in [9.17, 15) is 16.8 Å². The summed E-state index contributed by atoms with van der Waals surface area (Å²) >= 11 is 0. The predicted octanol–water partition coefficient (Wildman–Crippen LogP) is 2.44. The summed E-state index contributed by atoms with van der Waals surface area (Å²) in [7, 11) is -7.30. The fourth-order valence-corrected chi connectivity index (χ4v) is 5.36. The number of anilines is 2. The van der Waals surface area contributed by atoms with Crippen molar-refractivity contribution in [1.82, 2.24) is 14.5 Å². The summed E-state index contributed by atoms with van der Waals surface area (Å²) in [4.78, 5) is 8.85. The number of hydrogen-bond donors (Lipinski definition) is 3. The quantitative estimate of drug-likeness (QED) is 0.348. The van der Waals surface area contributed by atoms with Gasteiger partial charge in [-0.2, -0.15) is 4.98 Å². The average molecular weight is 501 g/mol. The fourth-order valence-electron chi connectivity index (χ4n) is 3.56. The monoisotopic (exact) mass is 500 g/mol. The van der Waals surface area contributed by atoms with Crippen molar-refractivity contribution < 1.29 is 16.8 Å². The number of sulfonamides is 1. The summed E-state index contributed by atoms with van der Waals surface area (Å²) in [5.41, 5.74) is 8.31. The Balaban J connectivity index is 1.75. The van der Waals surface area contributed by atoms with Gasteiger partial charge in [0.25, 0.3) is 0 Å². The molecule has 2 aromatic heterocycles. The van der Waals surface area contributed by atoms with Gasteiger partial charge in [-0.1, -0.05) is 18.2 Å². The Morgan fingerprint density at radius 2 is 1.65 bits per heavy atom. The smallest absolute Gasteiger partial charge is 0.238 e. The minimum absolute atomic E-state index is 0.00507. The lowest BCUT2D eigenvalue weighted by molar-refractivity contribution is 0.586. The van der Waals surface area contributed by atoms with Crippen molar-refractivity contribution in [1.29, 1.82) is 0 Å². The van der Waals surface area contributed by atoms with Gasteiger partial charge in [0.2, 0.25) is 16.0 Å². The Morgan fingerprint density at radius 3 is 2.29 bits per heavy atom. The van der Waals surface area contributed by atoms with Crippen molar-refractivity contribution >= 4 is 42.7 Å². The van der Waals surface area contributed by atoms with Gasteiger partial charge in [0.05, 0.1) is 20.6 Å². The fraction of sp³-hybridized carbons (Fsp3) is 0.182. The minimum atomic E-state index is -3.82. The third kappa shape index (κ3) is 4.47. The normalized spacial score (nSPS) is 12.4. The van der Waals surface area contributed by atoms with Crippen LogP contribution in [0.25, 0.3) is 16.7 Å². The standard InChI is InChI=1S/C22H24N6O4S2/c1-14(2)33(29,30)19-6-4-3-5-15(19)13-25-21-20-18(26-22(23)27-21)11-12-28(20)16-7-9-17(10-8-16)34(24,31)32/h3-12,14H,13H2,1-2H3,(H2,24,31,32)(H3,23,25,26,27). The lowest BCUT2D eigenvalue weighted by atomic mass is 10.2.